The lowest BCUT2D eigenvalue weighted by atomic mass is 9.85. The lowest BCUT2D eigenvalue weighted by Crippen LogP contribution is -1.98. The molecule has 0 radical (unpaired) electrons. The fraction of sp³-hybridized carbons (Fsp3) is 0. The first-order chi connectivity index (χ1) is 30.3. The first kappa shape index (κ1) is 34.9. The molecule has 0 atom stereocenters. The summed E-state index contributed by atoms with van der Waals surface area (Å²) in [6, 6.07) is 80.4. The van der Waals surface area contributed by atoms with Crippen LogP contribution in [-0.2, 0) is 0 Å². The highest BCUT2D eigenvalue weighted by Gasteiger charge is 2.21. The Morgan fingerprint density at radius 3 is 1.59 bits per heavy atom. The van der Waals surface area contributed by atoms with Gasteiger partial charge in [0.2, 0.25) is 0 Å². The molecule has 0 amide bonds. The lowest BCUT2D eigenvalue weighted by molar-refractivity contribution is 1.18. The van der Waals surface area contributed by atoms with Crippen molar-refractivity contribution in [3.63, 3.8) is 0 Å². The third-order valence-corrected chi connectivity index (χ3v) is 12.2. The molecule has 2 heterocycles. The van der Waals surface area contributed by atoms with Gasteiger partial charge in [0.25, 0.3) is 0 Å². The van der Waals surface area contributed by atoms with E-state index in [1.54, 1.807) is 0 Å². The number of fused-ring (bicyclic) bond motifs is 7. The summed E-state index contributed by atoms with van der Waals surface area (Å²) in [7, 11) is 0. The van der Waals surface area contributed by atoms with Gasteiger partial charge < -0.3 is 4.57 Å². The van der Waals surface area contributed by atoms with E-state index in [4.69, 9.17) is 9.97 Å². The Balaban J connectivity index is 1.06. The van der Waals surface area contributed by atoms with Crippen LogP contribution in [0.1, 0.15) is 0 Å². The van der Waals surface area contributed by atoms with Crippen LogP contribution in [0.3, 0.4) is 0 Å². The van der Waals surface area contributed by atoms with Gasteiger partial charge >= 0.3 is 0 Å². The summed E-state index contributed by atoms with van der Waals surface area (Å²) in [4.78, 5) is 10.7. The molecular weight excluding hydrogens is 739 g/mol. The Morgan fingerprint density at radius 2 is 0.836 bits per heavy atom. The minimum atomic E-state index is 0.695. The Kier molecular flexibility index (Phi) is 8.17. The van der Waals surface area contributed by atoms with E-state index in [-0.39, 0.29) is 0 Å². The van der Waals surface area contributed by atoms with Crippen molar-refractivity contribution in [2.24, 2.45) is 0 Å². The first-order valence-corrected chi connectivity index (χ1v) is 20.8. The summed E-state index contributed by atoms with van der Waals surface area (Å²) in [6.07, 6.45) is 0. The number of hydrogen-bond acceptors (Lipinski definition) is 2. The molecule has 0 unspecified atom stereocenters. The summed E-state index contributed by atoms with van der Waals surface area (Å²) >= 11 is 0. The van der Waals surface area contributed by atoms with Crippen LogP contribution in [0.4, 0.5) is 0 Å². The quantitative estimate of drug-likeness (QED) is 0.124. The van der Waals surface area contributed by atoms with Gasteiger partial charge in [-0.05, 0) is 79.5 Å². The third kappa shape index (κ3) is 5.82. The molecule has 0 aliphatic carbocycles. The summed E-state index contributed by atoms with van der Waals surface area (Å²) in [5.41, 5.74) is 13.2. The molecule has 0 spiro atoms. The minimum absolute atomic E-state index is 0.695. The fourth-order valence-corrected chi connectivity index (χ4v) is 9.41. The van der Waals surface area contributed by atoms with Gasteiger partial charge in [-0.3, -0.25) is 0 Å². The van der Waals surface area contributed by atoms with Crippen LogP contribution in [0.25, 0.3) is 116 Å². The van der Waals surface area contributed by atoms with Crippen molar-refractivity contribution < 1.29 is 0 Å². The van der Waals surface area contributed by atoms with Crippen molar-refractivity contribution >= 4 is 54.1 Å². The highest BCUT2D eigenvalue weighted by molar-refractivity contribution is 6.27. The van der Waals surface area contributed by atoms with Crippen molar-refractivity contribution in [3.05, 3.63) is 224 Å². The topological polar surface area (TPSA) is 30.7 Å². The number of aromatic nitrogens is 3. The van der Waals surface area contributed by atoms with E-state index in [2.05, 4.69) is 223 Å². The molecule has 0 saturated heterocycles. The van der Waals surface area contributed by atoms with Gasteiger partial charge in [-0.1, -0.05) is 194 Å². The van der Waals surface area contributed by atoms with Crippen molar-refractivity contribution in [3.8, 4) is 61.8 Å². The minimum Gasteiger partial charge on any atom is -0.309 e. The van der Waals surface area contributed by atoms with Gasteiger partial charge in [0.15, 0.2) is 5.82 Å². The zero-order chi connectivity index (χ0) is 40.3. The van der Waals surface area contributed by atoms with E-state index in [9.17, 15) is 0 Å². The maximum atomic E-state index is 5.44. The smallest absolute Gasteiger partial charge is 0.160 e. The van der Waals surface area contributed by atoms with E-state index in [0.29, 0.717) is 5.82 Å². The molecule has 0 fully saturated rings. The van der Waals surface area contributed by atoms with E-state index in [1.165, 1.54) is 59.9 Å². The van der Waals surface area contributed by atoms with Gasteiger partial charge in [-0.15, -0.1) is 0 Å². The maximum absolute atomic E-state index is 5.44. The number of para-hydroxylation sites is 2. The van der Waals surface area contributed by atoms with Crippen LogP contribution in [0.15, 0.2) is 224 Å². The average molecular weight is 776 g/mol. The first-order valence-electron chi connectivity index (χ1n) is 20.8. The second-order valence-corrected chi connectivity index (χ2v) is 15.7. The zero-order valence-corrected chi connectivity index (χ0v) is 33.2. The van der Waals surface area contributed by atoms with Crippen molar-refractivity contribution in [2.45, 2.75) is 0 Å². The zero-order valence-electron chi connectivity index (χ0n) is 33.2. The van der Waals surface area contributed by atoms with Crippen LogP contribution in [0.2, 0.25) is 0 Å². The number of hydrogen-bond donors (Lipinski definition) is 0. The van der Waals surface area contributed by atoms with Gasteiger partial charge in [-0.2, -0.15) is 0 Å². The molecule has 0 aliphatic rings. The normalized spacial score (nSPS) is 11.6. The van der Waals surface area contributed by atoms with Crippen LogP contribution >= 0.6 is 0 Å². The Morgan fingerprint density at radius 1 is 0.295 bits per heavy atom. The summed E-state index contributed by atoms with van der Waals surface area (Å²) in [5.74, 6) is 0.695. The number of benzene rings is 10. The molecule has 0 N–H and O–H groups in total. The van der Waals surface area contributed by atoms with Gasteiger partial charge in [0, 0.05) is 38.5 Å². The molecule has 61 heavy (non-hydrogen) atoms. The molecule has 3 heteroatoms. The van der Waals surface area contributed by atoms with Crippen LogP contribution in [0, 0.1) is 0 Å². The van der Waals surface area contributed by atoms with Crippen molar-refractivity contribution in [2.75, 3.05) is 0 Å². The third-order valence-electron chi connectivity index (χ3n) is 12.2. The van der Waals surface area contributed by atoms with Crippen LogP contribution in [0.5, 0.6) is 0 Å². The van der Waals surface area contributed by atoms with E-state index in [0.717, 1.165) is 50.3 Å². The predicted octanol–water partition coefficient (Wildman–Crippen LogP) is 15.4. The fourth-order valence-electron chi connectivity index (χ4n) is 9.41. The standard InChI is InChI=1S/C58H37N3/c1-4-17-41(18-5-1)55-48-25-12-13-26-49(48)57(56-45-23-11-10-16-39(45)32-35-50(55)56)52-37-51(59-58(60-52)42-19-6-2-7-20-42)40-30-28-38(29-31-40)43-33-34-47-46-24-14-15-27-53(46)61(54(47)36-43)44-21-8-3-9-22-44/h1-37H. The molecule has 12 aromatic rings. The molecule has 0 aliphatic heterocycles. The number of nitrogens with zero attached hydrogens (tertiary/aromatic N) is 3. The monoisotopic (exact) mass is 775 g/mol. The van der Waals surface area contributed by atoms with Gasteiger partial charge in [-0.25, -0.2) is 9.97 Å². The highest BCUT2D eigenvalue weighted by atomic mass is 15.0. The van der Waals surface area contributed by atoms with Crippen LogP contribution < -0.4 is 0 Å². The van der Waals surface area contributed by atoms with Crippen molar-refractivity contribution in [1.82, 2.24) is 14.5 Å². The maximum Gasteiger partial charge on any atom is 0.160 e. The second kappa shape index (κ2) is 14.3. The second-order valence-electron chi connectivity index (χ2n) is 15.7. The van der Waals surface area contributed by atoms with Crippen LogP contribution in [-0.4, -0.2) is 14.5 Å². The summed E-state index contributed by atoms with van der Waals surface area (Å²) in [6.45, 7) is 0. The lowest BCUT2D eigenvalue weighted by Gasteiger charge is -2.19. The predicted molar refractivity (Wildman–Crippen MR) is 256 cm³/mol. The largest absolute Gasteiger partial charge is 0.309 e. The Bertz CT molecular complexity index is 3610. The van der Waals surface area contributed by atoms with E-state index in [1.807, 2.05) is 6.07 Å². The molecule has 3 nitrogen and oxygen atoms in total. The Labute approximate surface area is 353 Å². The molecular formula is C58H37N3. The summed E-state index contributed by atoms with van der Waals surface area (Å²) < 4.78 is 2.37. The van der Waals surface area contributed by atoms with Gasteiger partial charge in [0.05, 0.1) is 22.4 Å². The van der Waals surface area contributed by atoms with E-state index >= 15 is 0 Å². The molecule has 0 saturated carbocycles. The average Bonchev–Trinajstić information content (AvgIpc) is 3.67. The molecule has 0 bridgehead atoms. The molecule has 10 aromatic carbocycles. The van der Waals surface area contributed by atoms with Gasteiger partial charge in [0.1, 0.15) is 0 Å². The number of rotatable bonds is 6. The van der Waals surface area contributed by atoms with Crippen molar-refractivity contribution in [1.29, 1.82) is 0 Å². The molecule has 12 rings (SSSR count). The summed E-state index contributed by atoms with van der Waals surface area (Å²) in [5, 5.41) is 9.64. The molecule has 284 valence electrons. The molecule has 2 aromatic heterocycles. The SMILES string of the molecule is c1ccc(-c2nc(-c3ccc(-c4ccc5c6ccccc6n(-c6ccccc6)c5c4)cc3)cc(-c3c4ccccc4c(-c4ccccc4)c4ccc5ccccc5c34)n2)cc1. The van der Waals surface area contributed by atoms with E-state index < -0.39 is 0 Å². The highest BCUT2D eigenvalue weighted by Crippen LogP contribution is 2.46. The Hall–Kier alpha value is -8.14.